The number of hydrogen-bond acceptors (Lipinski definition) is 3. The molecule has 5 nitrogen and oxygen atoms in total. The van der Waals surface area contributed by atoms with Gasteiger partial charge in [-0.15, -0.1) is 0 Å². The Morgan fingerprint density at radius 2 is 2.17 bits per heavy atom. The number of halogens is 1. The van der Waals surface area contributed by atoms with Crippen LogP contribution in [0, 0.1) is 5.82 Å². The van der Waals surface area contributed by atoms with Crippen molar-refractivity contribution in [1.82, 2.24) is 5.32 Å². The minimum Gasteiger partial charge on any atom is -0.484 e. The fourth-order valence-electron chi connectivity index (χ4n) is 1.22. The second kappa shape index (κ2) is 7.26. The van der Waals surface area contributed by atoms with Crippen LogP contribution in [0.25, 0.3) is 0 Å². The molecular weight excluding hydrogens is 241 g/mol. The maximum Gasteiger partial charge on any atom is 0.303 e. The summed E-state index contributed by atoms with van der Waals surface area (Å²) in [6.45, 7) is 0.0498. The summed E-state index contributed by atoms with van der Waals surface area (Å²) < 4.78 is 17.8. The van der Waals surface area contributed by atoms with E-state index in [0.29, 0.717) is 6.42 Å². The Kier molecular flexibility index (Phi) is 5.63. The third-order valence-corrected chi connectivity index (χ3v) is 2.06. The van der Waals surface area contributed by atoms with Gasteiger partial charge in [0.15, 0.2) is 6.61 Å². The van der Waals surface area contributed by atoms with Crippen molar-refractivity contribution in [2.45, 2.75) is 12.8 Å². The third-order valence-electron chi connectivity index (χ3n) is 2.06. The Morgan fingerprint density at radius 3 is 2.83 bits per heavy atom. The highest BCUT2D eigenvalue weighted by molar-refractivity contribution is 5.77. The van der Waals surface area contributed by atoms with Gasteiger partial charge in [0.2, 0.25) is 0 Å². The number of ether oxygens (including phenoxy) is 1. The molecule has 0 unspecified atom stereocenters. The van der Waals surface area contributed by atoms with Crippen LogP contribution in [-0.2, 0) is 9.59 Å². The first-order valence-corrected chi connectivity index (χ1v) is 5.45. The number of amides is 1. The molecule has 0 aliphatic rings. The van der Waals surface area contributed by atoms with Crippen molar-refractivity contribution < 1.29 is 23.8 Å². The van der Waals surface area contributed by atoms with Crippen LogP contribution in [0.4, 0.5) is 4.39 Å². The standard InChI is InChI=1S/C12H14FNO4/c13-9-3-1-4-10(7-9)18-8-11(15)14-6-2-5-12(16)17/h1,3-4,7H,2,5-6,8H2,(H,14,15)(H,16,17). The molecule has 1 amide bonds. The Labute approximate surface area is 104 Å². The molecule has 0 aromatic heterocycles. The molecule has 98 valence electrons. The lowest BCUT2D eigenvalue weighted by atomic mass is 10.3. The maximum atomic E-state index is 12.8. The molecular formula is C12H14FNO4. The molecule has 1 rings (SSSR count). The zero-order valence-corrected chi connectivity index (χ0v) is 9.69. The molecule has 0 saturated carbocycles. The number of carbonyl (C=O) groups is 2. The first kappa shape index (κ1) is 14.0. The van der Waals surface area contributed by atoms with Crippen LogP contribution in [0.3, 0.4) is 0 Å². The van der Waals surface area contributed by atoms with E-state index in [0.717, 1.165) is 0 Å². The van der Waals surface area contributed by atoms with Gasteiger partial charge in [0, 0.05) is 19.0 Å². The highest BCUT2D eigenvalue weighted by Gasteiger charge is 2.03. The van der Waals surface area contributed by atoms with Gasteiger partial charge < -0.3 is 15.2 Å². The van der Waals surface area contributed by atoms with Crippen molar-refractivity contribution in [2.24, 2.45) is 0 Å². The normalized spacial score (nSPS) is 9.83. The average molecular weight is 255 g/mol. The predicted molar refractivity (Wildman–Crippen MR) is 61.8 cm³/mol. The molecule has 2 N–H and O–H groups in total. The van der Waals surface area contributed by atoms with Crippen LogP contribution in [0.15, 0.2) is 24.3 Å². The zero-order chi connectivity index (χ0) is 13.4. The monoisotopic (exact) mass is 255 g/mol. The largest absolute Gasteiger partial charge is 0.484 e. The molecule has 0 radical (unpaired) electrons. The van der Waals surface area contributed by atoms with Gasteiger partial charge in [0.25, 0.3) is 5.91 Å². The topological polar surface area (TPSA) is 75.6 Å². The minimum absolute atomic E-state index is 0.00499. The fraction of sp³-hybridized carbons (Fsp3) is 0.333. The highest BCUT2D eigenvalue weighted by Crippen LogP contribution is 2.11. The number of hydrogen-bond donors (Lipinski definition) is 2. The van der Waals surface area contributed by atoms with E-state index in [2.05, 4.69) is 5.32 Å². The van der Waals surface area contributed by atoms with Gasteiger partial charge >= 0.3 is 5.97 Å². The summed E-state index contributed by atoms with van der Waals surface area (Å²) in [5.74, 6) is -1.44. The third kappa shape index (κ3) is 5.83. The van der Waals surface area contributed by atoms with E-state index in [-0.39, 0.29) is 31.2 Å². The van der Waals surface area contributed by atoms with Crippen molar-refractivity contribution in [3.8, 4) is 5.75 Å². The van der Waals surface area contributed by atoms with Crippen molar-refractivity contribution in [3.05, 3.63) is 30.1 Å². The molecule has 0 fully saturated rings. The van der Waals surface area contributed by atoms with Crippen molar-refractivity contribution in [1.29, 1.82) is 0 Å². The van der Waals surface area contributed by atoms with Crippen molar-refractivity contribution in [3.63, 3.8) is 0 Å². The number of carboxylic acids is 1. The van der Waals surface area contributed by atoms with Gasteiger partial charge in [0.1, 0.15) is 11.6 Å². The second-order valence-corrected chi connectivity index (χ2v) is 3.59. The number of benzene rings is 1. The summed E-state index contributed by atoms with van der Waals surface area (Å²) in [5, 5.41) is 10.9. The lowest BCUT2D eigenvalue weighted by Crippen LogP contribution is -2.29. The van der Waals surface area contributed by atoms with Crippen LogP contribution in [0.2, 0.25) is 0 Å². The molecule has 0 aliphatic carbocycles. The van der Waals surface area contributed by atoms with Gasteiger partial charge in [-0.3, -0.25) is 9.59 Å². The van der Waals surface area contributed by atoms with E-state index in [1.54, 1.807) is 6.07 Å². The van der Waals surface area contributed by atoms with Crippen LogP contribution >= 0.6 is 0 Å². The van der Waals surface area contributed by atoms with E-state index >= 15 is 0 Å². The number of carbonyl (C=O) groups excluding carboxylic acids is 1. The Bertz CT molecular complexity index is 422. The van der Waals surface area contributed by atoms with Crippen LogP contribution in [0.5, 0.6) is 5.75 Å². The predicted octanol–water partition coefficient (Wildman–Crippen LogP) is 1.19. The summed E-state index contributed by atoms with van der Waals surface area (Å²) in [4.78, 5) is 21.5. The van der Waals surface area contributed by atoms with E-state index in [9.17, 15) is 14.0 Å². The smallest absolute Gasteiger partial charge is 0.303 e. The summed E-state index contributed by atoms with van der Waals surface area (Å²) >= 11 is 0. The quantitative estimate of drug-likeness (QED) is 0.717. The Morgan fingerprint density at radius 1 is 1.39 bits per heavy atom. The molecule has 0 saturated heterocycles. The highest BCUT2D eigenvalue weighted by atomic mass is 19.1. The van der Waals surface area contributed by atoms with E-state index < -0.39 is 11.8 Å². The number of nitrogens with one attached hydrogen (secondary N) is 1. The molecule has 0 aliphatic heterocycles. The van der Waals surface area contributed by atoms with E-state index in [1.807, 2.05) is 0 Å². The SMILES string of the molecule is O=C(O)CCCNC(=O)COc1cccc(F)c1. The molecule has 1 aromatic rings. The summed E-state index contributed by atoms with van der Waals surface area (Å²) in [6, 6.07) is 5.48. The first-order chi connectivity index (χ1) is 8.58. The number of carboxylic acid groups (broad SMARTS) is 1. The van der Waals surface area contributed by atoms with Gasteiger partial charge in [-0.25, -0.2) is 4.39 Å². The molecule has 0 spiro atoms. The lowest BCUT2D eigenvalue weighted by molar-refractivity contribution is -0.137. The van der Waals surface area contributed by atoms with Gasteiger partial charge in [-0.2, -0.15) is 0 Å². The van der Waals surface area contributed by atoms with Crippen LogP contribution in [0.1, 0.15) is 12.8 Å². The second-order valence-electron chi connectivity index (χ2n) is 3.59. The summed E-state index contributed by atoms with van der Waals surface area (Å²) in [5.41, 5.74) is 0. The van der Waals surface area contributed by atoms with Crippen LogP contribution in [-0.4, -0.2) is 30.1 Å². The molecule has 0 atom stereocenters. The maximum absolute atomic E-state index is 12.8. The van der Waals surface area contributed by atoms with Crippen LogP contribution < -0.4 is 10.1 Å². The van der Waals surface area contributed by atoms with Gasteiger partial charge in [-0.05, 0) is 18.6 Å². The molecule has 6 heteroatoms. The Balaban J connectivity index is 2.19. The number of aliphatic carboxylic acids is 1. The fourth-order valence-corrected chi connectivity index (χ4v) is 1.22. The summed E-state index contributed by atoms with van der Waals surface area (Å²) in [7, 11) is 0. The van der Waals surface area contributed by atoms with Gasteiger partial charge in [-0.1, -0.05) is 6.07 Å². The molecule has 0 bridgehead atoms. The molecule has 1 aromatic carbocycles. The van der Waals surface area contributed by atoms with Crippen molar-refractivity contribution >= 4 is 11.9 Å². The van der Waals surface area contributed by atoms with Gasteiger partial charge in [0.05, 0.1) is 0 Å². The average Bonchev–Trinajstić information content (AvgIpc) is 2.32. The van der Waals surface area contributed by atoms with E-state index in [4.69, 9.17) is 9.84 Å². The van der Waals surface area contributed by atoms with E-state index in [1.165, 1.54) is 18.2 Å². The number of rotatable bonds is 7. The lowest BCUT2D eigenvalue weighted by Gasteiger charge is -2.06. The first-order valence-electron chi connectivity index (χ1n) is 5.45. The molecule has 0 heterocycles. The molecule has 18 heavy (non-hydrogen) atoms. The zero-order valence-electron chi connectivity index (χ0n) is 9.69. The Hall–Kier alpha value is -2.11. The van der Waals surface area contributed by atoms with Crippen molar-refractivity contribution in [2.75, 3.05) is 13.2 Å². The minimum atomic E-state index is -0.903. The summed E-state index contributed by atoms with van der Waals surface area (Å²) in [6.07, 6.45) is 0.367.